The third kappa shape index (κ3) is 3.59. The molecule has 3 N–H and O–H groups in total. The van der Waals surface area contributed by atoms with Gasteiger partial charge in [-0.15, -0.1) is 0 Å². The van der Waals surface area contributed by atoms with Crippen molar-refractivity contribution in [3.63, 3.8) is 0 Å². The number of aromatic nitrogens is 1. The molecule has 1 heterocycles. The Balaban J connectivity index is 1.94. The first-order chi connectivity index (χ1) is 9.06. The van der Waals surface area contributed by atoms with Crippen molar-refractivity contribution < 1.29 is 4.79 Å². The fourth-order valence-electron chi connectivity index (χ4n) is 1.54. The molecule has 0 aliphatic rings. The zero-order valence-electron chi connectivity index (χ0n) is 9.93. The number of carbonyl (C=O) groups excluding carboxylic acids is 1. The summed E-state index contributed by atoms with van der Waals surface area (Å²) >= 11 is 6.88. The molecule has 0 aliphatic heterocycles. The largest absolute Gasteiger partial charge is 0.397 e. The number of thiazole rings is 1. The SMILES string of the molecule is Nc1cc(Cl)ccc1NC(=O)CCn1ccsc1=O. The van der Waals surface area contributed by atoms with Gasteiger partial charge in [-0.1, -0.05) is 22.9 Å². The van der Waals surface area contributed by atoms with Gasteiger partial charge in [-0.05, 0) is 18.2 Å². The monoisotopic (exact) mass is 297 g/mol. The summed E-state index contributed by atoms with van der Waals surface area (Å²) in [6.45, 7) is 0.349. The summed E-state index contributed by atoms with van der Waals surface area (Å²) < 4.78 is 1.50. The number of hydrogen-bond donors (Lipinski definition) is 2. The smallest absolute Gasteiger partial charge is 0.307 e. The van der Waals surface area contributed by atoms with Crippen molar-refractivity contribution in [3.05, 3.63) is 44.5 Å². The van der Waals surface area contributed by atoms with Crippen molar-refractivity contribution in [1.82, 2.24) is 4.57 Å². The van der Waals surface area contributed by atoms with Crippen LogP contribution in [0.25, 0.3) is 0 Å². The van der Waals surface area contributed by atoms with Gasteiger partial charge in [0.15, 0.2) is 0 Å². The van der Waals surface area contributed by atoms with Gasteiger partial charge in [-0.25, -0.2) is 0 Å². The lowest BCUT2D eigenvalue weighted by molar-refractivity contribution is -0.116. The molecular formula is C12H12ClN3O2S. The molecule has 0 spiro atoms. The second-order valence-corrected chi connectivity index (χ2v) is 5.19. The van der Waals surface area contributed by atoms with Crippen molar-refractivity contribution in [2.45, 2.75) is 13.0 Å². The average molecular weight is 298 g/mol. The fraction of sp³-hybridized carbons (Fsp3) is 0.167. The molecule has 0 atom stereocenters. The third-order valence-electron chi connectivity index (χ3n) is 2.51. The summed E-state index contributed by atoms with van der Waals surface area (Å²) in [5.41, 5.74) is 6.66. The molecule has 7 heteroatoms. The van der Waals surface area contributed by atoms with Crippen molar-refractivity contribution in [1.29, 1.82) is 0 Å². The Morgan fingerprint density at radius 3 is 2.89 bits per heavy atom. The van der Waals surface area contributed by atoms with Gasteiger partial charge >= 0.3 is 4.87 Å². The Hall–Kier alpha value is -1.79. The van der Waals surface area contributed by atoms with Gasteiger partial charge in [0.25, 0.3) is 0 Å². The molecule has 0 unspecified atom stereocenters. The second kappa shape index (κ2) is 5.90. The molecule has 19 heavy (non-hydrogen) atoms. The van der Waals surface area contributed by atoms with Gasteiger partial charge in [0, 0.05) is 29.6 Å². The first-order valence-corrected chi connectivity index (χ1v) is 6.81. The highest BCUT2D eigenvalue weighted by Crippen LogP contribution is 2.22. The van der Waals surface area contributed by atoms with Gasteiger partial charge in [0.1, 0.15) is 0 Å². The molecule has 0 saturated carbocycles. The van der Waals surface area contributed by atoms with Gasteiger partial charge in [0.2, 0.25) is 5.91 Å². The number of nitrogens with two attached hydrogens (primary N) is 1. The highest BCUT2D eigenvalue weighted by molar-refractivity contribution is 7.07. The Bertz CT molecular complexity index is 650. The van der Waals surface area contributed by atoms with Crippen molar-refractivity contribution in [3.8, 4) is 0 Å². The van der Waals surface area contributed by atoms with E-state index in [0.29, 0.717) is 22.9 Å². The predicted molar refractivity (Wildman–Crippen MR) is 77.7 cm³/mol. The minimum Gasteiger partial charge on any atom is -0.397 e. The molecule has 2 rings (SSSR count). The quantitative estimate of drug-likeness (QED) is 0.849. The van der Waals surface area contributed by atoms with E-state index in [9.17, 15) is 9.59 Å². The first kappa shape index (κ1) is 13.6. The molecule has 0 aliphatic carbocycles. The summed E-state index contributed by atoms with van der Waals surface area (Å²) in [5, 5.41) is 4.89. The van der Waals surface area contributed by atoms with Crippen molar-refractivity contribution in [2.24, 2.45) is 0 Å². The molecule has 1 aromatic heterocycles. The second-order valence-electron chi connectivity index (χ2n) is 3.89. The van der Waals surface area contributed by atoms with Crippen LogP contribution in [-0.4, -0.2) is 10.5 Å². The summed E-state index contributed by atoms with van der Waals surface area (Å²) in [6.07, 6.45) is 1.87. The van der Waals surface area contributed by atoms with Gasteiger partial charge < -0.3 is 15.6 Å². The van der Waals surface area contributed by atoms with E-state index < -0.39 is 0 Å². The van der Waals surface area contributed by atoms with E-state index in [1.165, 1.54) is 4.57 Å². The standard InChI is InChI=1S/C12H12ClN3O2S/c13-8-1-2-10(9(14)7-8)15-11(17)3-4-16-5-6-19-12(16)18/h1-2,5-7H,3-4,14H2,(H,15,17). The third-order valence-corrected chi connectivity index (χ3v) is 3.44. The molecular weight excluding hydrogens is 286 g/mol. The molecule has 0 saturated heterocycles. The number of hydrogen-bond acceptors (Lipinski definition) is 4. The van der Waals surface area contributed by atoms with Crippen LogP contribution in [0.5, 0.6) is 0 Å². The number of aryl methyl sites for hydroxylation is 1. The van der Waals surface area contributed by atoms with E-state index in [0.717, 1.165) is 11.3 Å². The maximum absolute atomic E-state index is 11.7. The van der Waals surface area contributed by atoms with E-state index in [1.54, 1.807) is 29.8 Å². The van der Waals surface area contributed by atoms with Crippen LogP contribution >= 0.6 is 22.9 Å². The molecule has 1 amide bonds. The fourth-order valence-corrected chi connectivity index (χ4v) is 2.33. The lowest BCUT2D eigenvalue weighted by atomic mass is 10.2. The van der Waals surface area contributed by atoms with Gasteiger partial charge in [-0.2, -0.15) is 0 Å². The Labute approximate surface area is 118 Å². The van der Waals surface area contributed by atoms with Crippen LogP contribution in [0.1, 0.15) is 6.42 Å². The average Bonchev–Trinajstić information content (AvgIpc) is 2.76. The van der Waals surface area contributed by atoms with Crippen LogP contribution < -0.4 is 15.9 Å². The molecule has 0 bridgehead atoms. The molecule has 0 radical (unpaired) electrons. The van der Waals surface area contributed by atoms with E-state index in [-0.39, 0.29) is 17.2 Å². The number of nitrogen functional groups attached to an aromatic ring is 1. The Morgan fingerprint density at radius 2 is 2.26 bits per heavy atom. The lowest BCUT2D eigenvalue weighted by Crippen LogP contribution is -2.19. The molecule has 5 nitrogen and oxygen atoms in total. The number of halogens is 1. The van der Waals surface area contributed by atoms with Gasteiger partial charge in [0.05, 0.1) is 11.4 Å². The molecule has 1 aromatic carbocycles. The zero-order valence-corrected chi connectivity index (χ0v) is 11.5. The van der Waals surface area contributed by atoms with Crippen molar-refractivity contribution >= 4 is 40.2 Å². The number of carbonyl (C=O) groups is 1. The number of nitrogens with zero attached hydrogens (tertiary/aromatic N) is 1. The highest BCUT2D eigenvalue weighted by atomic mass is 35.5. The molecule has 0 fully saturated rings. The highest BCUT2D eigenvalue weighted by Gasteiger charge is 2.06. The number of benzene rings is 1. The van der Waals surface area contributed by atoms with Gasteiger partial charge in [-0.3, -0.25) is 9.59 Å². The van der Waals surface area contributed by atoms with E-state index in [2.05, 4.69) is 5.32 Å². The van der Waals surface area contributed by atoms with Crippen LogP contribution in [-0.2, 0) is 11.3 Å². The summed E-state index contributed by atoms with van der Waals surface area (Å²) in [7, 11) is 0. The van der Waals surface area contributed by atoms with E-state index >= 15 is 0 Å². The van der Waals surface area contributed by atoms with Crippen LogP contribution in [0, 0.1) is 0 Å². The lowest BCUT2D eigenvalue weighted by Gasteiger charge is -2.08. The summed E-state index contributed by atoms with van der Waals surface area (Å²) in [4.78, 5) is 23.0. The molecule has 100 valence electrons. The van der Waals surface area contributed by atoms with E-state index in [1.807, 2.05) is 0 Å². The number of rotatable bonds is 4. The predicted octanol–water partition coefficient (Wildman–Crippen LogP) is 2.17. The maximum Gasteiger partial charge on any atom is 0.307 e. The number of anilines is 2. The Kier molecular flexibility index (Phi) is 4.24. The topological polar surface area (TPSA) is 77.1 Å². The maximum atomic E-state index is 11.7. The minimum atomic E-state index is -0.202. The Morgan fingerprint density at radius 1 is 1.47 bits per heavy atom. The molecule has 2 aromatic rings. The van der Waals surface area contributed by atoms with Crippen LogP contribution in [0.4, 0.5) is 11.4 Å². The minimum absolute atomic E-state index is 0.0705. The summed E-state index contributed by atoms with van der Waals surface area (Å²) in [5.74, 6) is -0.202. The number of nitrogens with one attached hydrogen (secondary N) is 1. The first-order valence-electron chi connectivity index (χ1n) is 5.55. The summed E-state index contributed by atoms with van der Waals surface area (Å²) in [6, 6.07) is 4.86. The van der Waals surface area contributed by atoms with Crippen LogP contribution in [0.2, 0.25) is 5.02 Å². The zero-order chi connectivity index (χ0) is 13.8. The number of amides is 1. The van der Waals surface area contributed by atoms with E-state index in [4.69, 9.17) is 17.3 Å². The van der Waals surface area contributed by atoms with Crippen molar-refractivity contribution in [2.75, 3.05) is 11.1 Å². The van der Waals surface area contributed by atoms with Crippen LogP contribution in [0.15, 0.2) is 34.6 Å². The normalized spacial score (nSPS) is 10.4. The van der Waals surface area contributed by atoms with Crippen LogP contribution in [0.3, 0.4) is 0 Å².